The van der Waals surface area contributed by atoms with Crippen LogP contribution in [0.15, 0.2) is 47.8 Å². The van der Waals surface area contributed by atoms with Crippen LogP contribution in [0.2, 0.25) is 0 Å². The van der Waals surface area contributed by atoms with Gasteiger partial charge in [-0.15, -0.1) is 11.3 Å². The molecule has 0 saturated carbocycles. The molecule has 0 bridgehead atoms. The van der Waals surface area contributed by atoms with Crippen molar-refractivity contribution < 1.29 is 4.74 Å². The first-order valence-corrected chi connectivity index (χ1v) is 7.07. The standard InChI is InChI=1S/C14H13NOS2/c1-14(11-8-5-9-18-11)12(15-13(17)16-14)10-6-3-2-4-7-10/h2-9,12H,1H3,(H,15,17)/t12-,14-/m0/s1. The first-order chi connectivity index (χ1) is 8.70. The lowest BCUT2D eigenvalue weighted by Crippen LogP contribution is -2.30. The fraction of sp³-hybridized carbons (Fsp3) is 0.214. The largest absolute Gasteiger partial charge is 0.456 e. The van der Waals surface area contributed by atoms with Crippen LogP contribution in [0, 0.1) is 0 Å². The summed E-state index contributed by atoms with van der Waals surface area (Å²) in [4.78, 5) is 1.18. The Morgan fingerprint density at radius 2 is 2.00 bits per heavy atom. The molecule has 1 fully saturated rings. The van der Waals surface area contributed by atoms with Crippen LogP contribution in [0.25, 0.3) is 0 Å². The van der Waals surface area contributed by atoms with E-state index < -0.39 is 5.60 Å². The molecule has 0 spiro atoms. The first kappa shape index (κ1) is 11.7. The van der Waals surface area contributed by atoms with Gasteiger partial charge in [-0.1, -0.05) is 36.4 Å². The minimum Gasteiger partial charge on any atom is -0.456 e. The van der Waals surface area contributed by atoms with Crippen molar-refractivity contribution in [3.8, 4) is 0 Å². The van der Waals surface area contributed by atoms with Crippen LogP contribution in [0.4, 0.5) is 0 Å². The Balaban J connectivity index is 2.05. The van der Waals surface area contributed by atoms with Crippen molar-refractivity contribution in [2.45, 2.75) is 18.6 Å². The molecule has 2 atom stereocenters. The van der Waals surface area contributed by atoms with Gasteiger partial charge in [-0.25, -0.2) is 0 Å². The van der Waals surface area contributed by atoms with Crippen molar-refractivity contribution in [2.75, 3.05) is 0 Å². The van der Waals surface area contributed by atoms with Crippen LogP contribution in [-0.2, 0) is 10.3 Å². The van der Waals surface area contributed by atoms with Gasteiger partial charge in [0, 0.05) is 0 Å². The third kappa shape index (κ3) is 1.82. The molecule has 4 heteroatoms. The smallest absolute Gasteiger partial charge is 0.258 e. The number of benzene rings is 1. The van der Waals surface area contributed by atoms with E-state index in [1.54, 1.807) is 11.3 Å². The molecule has 18 heavy (non-hydrogen) atoms. The third-order valence-electron chi connectivity index (χ3n) is 3.26. The summed E-state index contributed by atoms with van der Waals surface area (Å²) in [6, 6.07) is 14.5. The van der Waals surface area contributed by atoms with Crippen molar-refractivity contribution in [3.05, 3.63) is 58.3 Å². The fourth-order valence-electron chi connectivity index (χ4n) is 2.34. The lowest BCUT2D eigenvalue weighted by Gasteiger charge is -2.28. The molecule has 2 nitrogen and oxygen atoms in total. The second kappa shape index (κ2) is 4.37. The maximum absolute atomic E-state index is 5.89. The lowest BCUT2D eigenvalue weighted by molar-refractivity contribution is 0.0872. The molecule has 0 aliphatic carbocycles. The number of thiocarbonyl (C=S) groups is 1. The van der Waals surface area contributed by atoms with E-state index in [2.05, 4.69) is 35.8 Å². The molecule has 2 aromatic rings. The van der Waals surface area contributed by atoms with Crippen molar-refractivity contribution >= 4 is 28.7 Å². The Kier molecular flexibility index (Phi) is 2.84. The van der Waals surface area contributed by atoms with Gasteiger partial charge in [0.15, 0.2) is 5.60 Å². The highest BCUT2D eigenvalue weighted by atomic mass is 32.1. The van der Waals surface area contributed by atoms with E-state index >= 15 is 0 Å². The monoisotopic (exact) mass is 275 g/mol. The topological polar surface area (TPSA) is 21.3 Å². The molecule has 3 rings (SSSR count). The fourth-order valence-corrected chi connectivity index (χ4v) is 3.48. The number of ether oxygens (including phenoxy) is 1. The average Bonchev–Trinajstić information content (AvgIpc) is 2.99. The minimum absolute atomic E-state index is 0.0600. The van der Waals surface area contributed by atoms with Gasteiger partial charge in [0.1, 0.15) is 0 Å². The van der Waals surface area contributed by atoms with E-state index in [0.717, 1.165) is 0 Å². The summed E-state index contributed by atoms with van der Waals surface area (Å²) in [6.07, 6.45) is 0. The van der Waals surface area contributed by atoms with Gasteiger partial charge < -0.3 is 10.1 Å². The Hall–Kier alpha value is -1.39. The third-order valence-corrected chi connectivity index (χ3v) is 4.55. The summed E-state index contributed by atoms with van der Waals surface area (Å²) in [5.74, 6) is 0. The van der Waals surface area contributed by atoms with E-state index in [0.29, 0.717) is 5.17 Å². The van der Waals surface area contributed by atoms with Crippen LogP contribution < -0.4 is 5.32 Å². The molecular weight excluding hydrogens is 262 g/mol. The molecule has 1 saturated heterocycles. The number of nitrogens with one attached hydrogen (secondary N) is 1. The summed E-state index contributed by atoms with van der Waals surface area (Å²) in [5, 5.41) is 5.80. The van der Waals surface area contributed by atoms with Gasteiger partial charge in [-0.05, 0) is 36.2 Å². The molecule has 1 N–H and O–H groups in total. The highest BCUT2D eigenvalue weighted by Crippen LogP contribution is 2.44. The van der Waals surface area contributed by atoms with Gasteiger partial charge in [0.25, 0.3) is 5.17 Å². The van der Waals surface area contributed by atoms with Crippen molar-refractivity contribution in [2.24, 2.45) is 0 Å². The molecule has 1 aliphatic heterocycles. The van der Waals surface area contributed by atoms with E-state index in [1.807, 2.05) is 24.3 Å². The zero-order valence-electron chi connectivity index (χ0n) is 9.92. The number of thiophene rings is 1. The van der Waals surface area contributed by atoms with E-state index in [1.165, 1.54) is 10.4 Å². The molecule has 1 aliphatic rings. The van der Waals surface area contributed by atoms with Crippen LogP contribution in [0.3, 0.4) is 0 Å². The molecule has 1 aromatic heterocycles. The summed E-state index contributed by atoms with van der Waals surface area (Å²) >= 11 is 6.89. The van der Waals surface area contributed by atoms with E-state index in [-0.39, 0.29) is 6.04 Å². The zero-order chi connectivity index (χ0) is 12.6. The lowest BCUT2D eigenvalue weighted by atomic mass is 9.89. The molecular formula is C14H13NOS2. The second-order valence-electron chi connectivity index (χ2n) is 4.46. The zero-order valence-corrected chi connectivity index (χ0v) is 11.6. The van der Waals surface area contributed by atoms with E-state index in [4.69, 9.17) is 17.0 Å². The number of hydrogen-bond acceptors (Lipinski definition) is 3. The van der Waals surface area contributed by atoms with Crippen molar-refractivity contribution in [1.29, 1.82) is 0 Å². The number of rotatable bonds is 2. The van der Waals surface area contributed by atoms with E-state index in [9.17, 15) is 0 Å². The maximum atomic E-state index is 5.89. The second-order valence-corrected chi connectivity index (χ2v) is 5.78. The normalized spacial score (nSPS) is 26.7. The SMILES string of the molecule is C[C@@]1(c2cccs2)OC(=S)N[C@H]1c1ccccc1. The van der Waals surface area contributed by atoms with Gasteiger partial charge in [0.05, 0.1) is 10.9 Å². The summed E-state index contributed by atoms with van der Waals surface area (Å²) in [6.45, 7) is 2.09. The van der Waals surface area contributed by atoms with Gasteiger partial charge in [0.2, 0.25) is 0 Å². The predicted molar refractivity (Wildman–Crippen MR) is 77.7 cm³/mol. The van der Waals surface area contributed by atoms with Crippen molar-refractivity contribution in [1.82, 2.24) is 5.32 Å². The highest BCUT2D eigenvalue weighted by Gasteiger charge is 2.46. The number of hydrogen-bond donors (Lipinski definition) is 1. The molecule has 1 aromatic carbocycles. The predicted octanol–water partition coefficient (Wildman–Crippen LogP) is 3.61. The maximum Gasteiger partial charge on any atom is 0.258 e. The average molecular weight is 275 g/mol. The van der Waals surface area contributed by atoms with Crippen LogP contribution in [-0.4, -0.2) is 5.17 Å². The molecule has 2 heterocycles. The van der Waals surface area contributed by atoms with Crippen LogP contribution >= 0.6 is 23.6 Å². The van der Waals surface area contributed by atoms with Gasteiger partial charge >= 0.3 is 0 Å². The van der Waals surface area contributed by atoms with Crippen LogP contribution in [0.5, 0.6) is 0 Å². The summed E-state index contributed by atoms with van der Waals surface area (Å²) < 4.78 is 5.89. The quantitative estimate of drug-likeness (QED) is 0.846. The Labute approximate surface area is 116 Å². The molecule has 0 amide bonds. The highest BCUT2D eigenvalue weighted by molar-refractivity contribution is 7.80. The van der Waals surface area contributed by atoms with Gasteiger partial charge in [-0.3, -0.25) is 0 Å². The first-order valence-electron chi connectivity index (χ1n) is 5.78. The minimum atomic E-state index is -0.424. The molecule has 92 valence electrons. The Morgan fingerprint density at radius 3 is 2.67 bits per heavy atom. The van der Waals surface area contributed by atoms with Crippen molar-refractivity contribution in [3.63, 3.8) is 0 Å². The molecule has 0 radical (unpaired) electrons. The Bertz CT molecular complexity index is 552. The molecule has 0 unspecified atom stereocenters. The van der Waals surface area contributed by atoms with Gasteiger partial charge in [-0.2, -0.15) is 0 Å². The van der Waals surface area contributed by atoms with Crippen LogP contribution in [0.1, 0.15) is 23.4 Å². The summed E-state index contributed by atoms with van der Waals surface area (Å²) in [7, 11) is 0. The Morgan fingerprint density at radius 1 is 1.22 bits per heavy atom. The summed E-state index contributed by atoms with van der Waals surface area (Å²) in [5.41, 5.74) is 0.764.